The summed E-state index contributed by atoms with van der Waals surface area (Å²) in [5.41, 5.74) is 0. The van der Waals surface area contributed by atoms with E-state index in [1.807, 2.05) is 0 Å². The molecule has 172 valence electrons. The fourth-order valence-corrected chi connectivity index (χ4v) is 0. The zero-order valence-corrected chi connectivity index (χ0v) is 34.1. The number of rotatable bonds is 0. The van der Waals surface area contributed by atoms with Crippen LogP contribution in [0.25, 0.3) is 0 Å². The maximum absolute atomic E-state index is 8.33. The minimum absolute atomic E-state index is 0. The quantitative estimate of drug-likeness (QED) is 0.203. The maximum Gasteiger partial charge on any atom is 3.00 e. The van der Waals surface area contributed by atoms with Gasteiger partial charge in [-0.2, -0.15) is 0 Å². The molecule has 0 bridgehead atoms. The molecule has 0 aromatic carbocycles. The Morgan fingerprint density at radius 3 is 0.265 bits per heavy atom. The first kappa shape index (κ1) is 83.3. The predicted molar refractivity (Wildman–Crippen MR) is 72.3 cm³/mol. The summed E-state index contributed by atoms with van der Waals surface area (Å²) < 4.78 is 0. The maximum atomic E-state index is 8.33. The zero-order valence-electron chi connectivity index (χ0n) is 15.8. The van der Waals surface area contributed by atoms with Gasteiger partial charge in [0.25, 0.3) is 0 Å². The molecule has 27 heteroatoms. The monoisotopic (exact) mass is 1090 g/mol. The SMILES string of the molecule is O=C([O-])[O-].O=C([O-])[O-].O=C([O-])[O-].O=C([O-])[O-].O=C([O-])[O-].O=C([O-])[O-].O=C([O-])[O-].[Bi+3].[Bi+3].[Ca+2].[Ca+2].[Sr+2].[Sr+2]. The molecule has 0 saturated heterocycles. The van der Waals surface area contributed by atoms with Gasteiger partial charge in [0.1, 0.15) is 0 Å². The van der Waals surface area contributed by atoms with E-state index in [1.54, 1.807) is 0 Å². The second kappa shape index (κ2) is 76.5. The van der Waals surface area contributed by atoms with E-state index in [1.165, 1.54) is 0 Å². The summed E-state index contributed by atoms with van der Waals surface area (Å²) in [6.45, 7) is 0. The minimum atomic E-state index is -2.33. The molecule has 34 heavy (non-hydrogen) atoms. The van der Waals surface area contributed by atoms with Gasteiger partial charge < -0.3 is 105 Å². The zero-order chi connectivity index (χ0) is 25.0. The normalized spacial score (nSPS) is 4.94. The van der Waals surface area contributed by atoms with Crippen molar-refractivity contribution in [3.05, 3.63) is 0 Å². The van der Waals surface area contributed by atoms with Crippen molar-refractivity contribution in [3.8, 4) is 0 Å². The molecule has 0 heterocycles. The number of carbonyl (C=O) groups is 7. The van der Waals surface area contributed by atoms with Gasteiger partial charge in [-0.15, -0.1) is 0 Å². The molecule has 0 fully saturated rings. The van der Waals surface area contributed by atoms with Gasteiger partial charge in [-0.3, -0.25) is 0 Å². The van der Waals surface area contributed by atoms with E-state index in [0.29, 0.717) is 0 Å². The topological polar surface area (TPSA) is 442 Å². The summed E-state index contributed by atoms with van der Waals surface area (Å²) >= 11 is 0. The van der Waals surface area contributed by atoms with Crippen LogP contribution in [-0.2, 0) is 0 Å². The van der Waals surface area contributed by atoms with Gasteiger partial charge in [0, 0.05) is 0 Å². The standard InChI is InChI=1S/7CH2O3.2Bi.2Ca.2Sr/c7*2-1(3)4;;;;;;/h7*(H2,2,3,4);;;;;;/q;;;;;;;2*+3;4*+2/p-14. The van der Waals surface area contributed by atoms with Crippen molar-refractivity contribution in [1.29, 1.82) is 0 Å². The van der Waals surface area contributed by atoms with Gasteiger partial charge in [-0.1, -0.05) is 0 Å². The summed E-state index contributed by atoms with van der Waals surface area (Å²) in [7, 11) is 0. The molecule has 0 aliphatic rings. The Labute approximate surface area is 359 Å². The number of hydrogen-bond donors (Lipinski definition) is 0. The van der Waals surface area contributed by atoms with Crippen molar-refractivity contribution in [2.75, 3.05) is 0 Å². The molecule has 0 N–H and O–H groups in total. The van der Waals surface area contributed by atoms with E-state index >= 15 is 0 Å². The second-order valence-electron chi connectivity index (χ2n) is 1.75. The Morgan fingerprint density at radius 2 is 0.265 bits per heavy atom. The van der Waals surface area contributed by atoms with Crippen LogP contribution in [0.1, 0.15) is 0 Å². The molecule has 0 aliphatic heterocycles. The molecule has 0 spiro atoms. The van der Waals surface area contributed by atoms with Crippen molar-refractivity contribution in [2.24, 2.45) is 0 Å². The number of carbonyl (C=O) groups excluding carboxylic acids is 7. The van der Waals surface area contributed by atoms with Gasteiger partial charge in [-0.25, -0.2) is 0 Å². The van der Waals surface area contributed by atoms with Crippen molar-refractivity contribution in [1.82, 2.24) is 0 Å². The Hall–Kier alpha value is 2.14. The average molecular weight is 1090 g/mol. The first-order chi connectivity index (χ1) is 12.1. The molecule has 0 amide bonds. The van der Waals surface area contributed by atoms with Crippen molar-refractivity contribution in [3.63, 3.8) is 0 Å². The van der Waals surface area contributed by atoms with Crippen LogP contribution in [0.15, 0.2) is 0 Å². The minimum Gasteiger partial charge on any atom is -0.652 e. The summed E-state index contributed by atoms with van der Waals surface area (Å²) in [5.74, 6) is 0. The summed E-state index contributed by atoms with van der Waals surface area (Å²) in [5, 5.41) is 117. The molecule has 0 unspecified atom stereocenters. The molecule has 0 atom stereocenters. The fourth-order valence-electron chi connectivity index (χ4n) is 0. The first-order valence-corrected chi connectivity index (χ1v) is 4.29. The Bertz CT molecular complexity index is 334. The molecule has 0 aromatic rings. The van der Waals surface area contributed by atoms with E-state index < -0.39 is 43.1 Å². The van der Waals surface area contributed by atoms with Crippen LogP contribution in [-0.4, -0.2) is 262 Å². The molecular formula is C7Bi2Ca2O21Sr2. The third kappa shape index (κ3) is 8210. The predicted octanol–water partition coefficient (Wildman–Crippen LogP) is -19.4. The van der Waals surface area contributed by atoms with Crippen molar-refractivity contribution in [2.45, 2.75) is 0 Å². The van der Waals surface area contributed by atoms with Gasteiger partial charge in [0.05, 0.1) is 0 Å². The largest absolute Gasteiger partial charge is 3.00 e. The molecule has 21 nitrogen and oxygen atoms in total. The van der Waals surface area contributed by atoms with E-state index in [-0.39, 0.29) is 219 Å². The smallest absolute Gasteiger partial charge is 0.652 e. The molecule has 0 saturated carbocycles. The van der Waals surface area contributed by atoms with Crippen LogP contribution in [0.2, 0.25) is 0 Å². The van der Waals surface area contributed by atoms with E-state index in [9.17, 15) is 0 Å². The van der Waals surface area contributed by atoms with Crippen LogP contribution < -0.4 is 71.5 Å². The summed E-state index contributed by atoms with van der Waals surface area (Å²) in [4.78, 5) is 58.3. The van der Waals surface area contributed by atoms with E-state index in [0.717, 1.165) is 0 Å². The van der Waals surface area contributed by atoms with Gasteiger partial charge in [-0.05, 0) is 43.1 Å². The summed E-state index contributed by atoms with van der Waals surface area (Å²) in [6, 6.07) is 0. The van der Waals surface area contributed by atoms with Crippen LogP contribution in [0.3, 0.4) is 0 Å². The molecule has 0 aliphatic carbocycles. The van der Waals surface area contributed by atoms with Crippen LogP contribution in [0, 0.1) is 0 Å². The Balaban J connectivity index is -0.0000000134. The van der Waals surface area contributed by atoms with Crippen LogP contribution in [0.5, 0.6) is 0 Å². The van der Waals surface area contributed by atoms with Crippen LogP contribution in [0.4, 0.5) is 33.6 Å². The van der Waals surface area contributed by atoms with Gasteiger partial charge in [0.2, 0.25) is 0 Å². The third-order valence-corrected chi connectivity index (χ3v) is 0. The van der Waals surface area contributed by atoms with Gasteiger partial charge >= 0.3 is 219 Å². The Morgan fingerprint density at radius 1 is 0.265 bits per heavy atom. The number of carboxylic acid groups (broad SMARTS) is 14. The molecule has 0 aromatic heterocycles. The summed E-state index contributed by atoms with van der Waals surface area (Å²) in [6.07, 6.45) is -16.3. The molecule has 4 radical (unpaired) electrons. The third-order valence-electron chi connectivity index (χ3n) is 0. The van der Waals surface area contributed by atoms with Crippen molar-refractivity contribution < 1.29 is 105 Å². The fraction of sp³-hybridized carbons (Fsp3) is 0. The van der Waals surface area contributed by atoms with Crippen LogP contribution >= 0.6 is 0 Å². The van der Waals surface area contributed by atoms with E-state index in [2.05, 4.69) is 0 Å². The average Bonchev–Trinajstić information content (AvgIpc) is 2.20. The second-order valence-corrected chi connectivity index (χ2v) is 1.75. The first-order valence-electron chi connectivity index (χ1n) is 4.29. The van der Waals surface area contributed by atoms with Gasteiger partial charge in [0.15, 0.2) is 0 Å². The Kier molecular flexibility index (Phi) is 187. The number of hydrogen-bond acceptors (Lipinski definition) is 21. The molecule has 0 rings (SSSR count). The van der Waals surface area contributed by atoms with E-state index in [4.69, 9.17) is 105 Å². The molecular weight excluding hydrogens is 1090 g/mol. The van der Waals surface area contributed by atoms with Crippen molar-refractivity contribution >= 4 is 262 Å².